The number of hydrogen-bond acceptors (Lipinski definition) is 1. The Bertz CT molecular complexity index is 198. The standard InChI is InChI=1S/C9H15FN2S/c10-7-3-5-12(6-4-7)9(13)11-8-1-2-8/h7-8H,1-6H2,(H,11,13). The molecule has 0 aromatic rings. The van der Waals surface area contributed by atoms with Crippen molar-refractivity contribution in [2.45, 2.75) is 37.9 Å². The summed E-state index contributed by atoms with van der Waals surface area (Å²) in [7, 11) is 0. The number of halogens is 1. The first-order chi connectivity index (χ1) is 6.25. The highest BCUT2D eigenvalue weighted by Crippen LogP contribution is 2.20. The fourth-order valence-electron chi connectivity index (χ4n) is 1.54. The molecule has 1 aliphatic heterocycles. The molecule has 0 spiro atoms. The van der Waals surface area contributed by atoms with Crippen molar-refractivity contribution < 1.29 is 4.39 Å². The van der Waals surface area contributed by atoms with Gasteiger partial charge in [0.1, 0.15) is 6.17 Å². The monoisotopic (exact) mass is 202 g/mol. The summed E-state index contributed by atoms with van der Waals surface area (Å²) in [6.07, 6.45) is 3.12. The number of piperidine rings is 1. The molecule has 2 nitrogen and oxygen atoms in total. The molecule has 2 aliphatic rings. The van der Waals surface area contributed by atoms with Gasteiger partial charge in [-0.1, -0.05) is 0 Å². The Morgan fingerprint density at radius 2 is 1.85 bits per heavy atom. The third kappa shape index (κ3) is 2.53. The molecule has 2 rings (SSSR count). The molecule has 2 fully saturated rings. The molecule has 0 aromatic heterocycles. The van der Waals surface area contributed by atoms with Crippen LogP contribution in [0.2, 0.25) is 0 Å². The number of thiocarbonyl (C=S) groups is 1. The molecule has 13 heavy (non-hydrogen) atoms. The first-order valence-electron chi connectivity index (χ1n) is 4.95. The van der Waals surface area contributed by atoms with Gasteiger partial charge < -0.3 is 10.2 Å². The lowest BCUT2D eigenvalue weighted by Gasteiger charge is -2.31. The molecule has 0 radical (unpaired) electrons. The van der Waals surface area contributed by atoms with Crippen molar-refractivity contribution in [3.8, 4) is 0 Å². The highest BCUT2D eigenvalue weighted by Gasteiger charge is 2.25. The Hall–Kier alpha value is -0.380. The summed E-state index contributed by atoms with van der Waals surface area (Å²) in [5.41, 5.74) is 0. The molecule has 1 aliphatic carbocycles. The molecule has 74 valence electrons. The van der Waals surface area contributed by atoms with Gasteiger partial charge in [-0.25, -0.2) is 4.39 Å². The van der Waals surface area contributed by atoms with Gasteiger partial charge in [-0.2, -0.15) is 0 Å². The van der Waals surface area contributed by atoms with Crippen LogP contribution < -0.4 is 5.32 Å². The number of likely N-dealkylation sites (tertiary alicyclic amines) is 1. The topological polar surface area (TPSA) is 15.3 Å². The van der Waals surface area contributed by atoms with E-state index >= 15 is 0 Å². The molecule has 1 saturated carbocycles. The number of hydrogen-bond donors (Lipinski definition) is 1. The molecule has 0 atom stereocenters. The predicted molar refractivity (Wildman–Crippen MR) is 54.5 cm³/mol. The molecule has 1 heterocycles. The van der Waals surface area contributed by atoms with E-state index in [0.717, 1.165) is 18.2 Å². The van der Waals surface area contributed by atoms with Gasteiger partial charge in [0.05, 0.1) is 0 Å². The third-order valence-electron chi connectivity index (χ3n) is 2.62. The van der Waals surface area contributed by atoms with Crippen molar-refractivity contribution in [1.29, 1.82) is 0 Å². The van der Waals surface area contributed by atoms with E-state index in [4.69, 9.17) is 12.2 Å². The molecule has 0 bridgehead atoms. The van der Waals surface area contributed by atoms with Crippen LogP contribution in [0.5, 0.6) is 0 Å². The SMILES string of the molecule is FC1CCN(C(=S)NC2CC2)CC1. The number of alkyl halides is 1. The zero-order valence-corrected chi connectivity index (χ0v) is 8.45. The minimum atomic E-state index is -0.611. The van der Waals surface area contributed by atoms with E-state index in [1.165, 1.54) is 12.8 Å². The smallest absolute Gasteiger partial charge is 0.169 e. The largest absolute Gasteiger partial charge is 0.360 e. The second-order valence-electron chi connectivity index (χ2n) is 3.89. The van der Waals surface area contributed by atoms with Crippen LogP contribution in [0.4, 0.5) is 4.39 Å². The van der Waals surface area contributed by atoms with E-state index in [2.05, 4.69) is 10.2 Å². The normalized spacial score (nSPS) is 24.5. The van der Waals surface area contributed by atoms with Crippen molar-refractivity contribution >= 4 is 17.3 Å². The summed E-state index contributed by atoms with van der Waals surface area (Å²) in [6, 6.07) is 0.607. The molecule has 1 N–H and O–H groups in total. The van der Waals surface area contributed by atoms with Crippen LogP contribution in [0, 0.1) is 0 Å². The Morgan fingerprint density at radius 3 is 2.38 bits per heavy atom. The highest BCUT2D eigenvalue weighted by molar-refractivity contribution is 7.80. The molecular formula is C9H15FN2S. The second kappa shape index (κ2) is 3.78. The maximum atomic E-state index is 12.8. The lowest BCUT2D eigenvalue weighted by molar-refractivity contribution is 0.203. The molecule has 0 aromatic carbocycles. The van der Waals surface area contributed by atoms with Crippen molar-refractivity contribution in [2.75, 3.05) is 13.1 Å². The van der Waals surface area contributed by atoms with Crippen molar-refractivity contribution in [2.24, 2.45) is 0 Å². The maximum absolute atomic E-state index is 12.8. The van der Waals surface area contributed by atoms with Gasteiger partial charge >= 0.3 is 0 Å². The van der Waals surface area contributed by atoms with Crippen LogP contribution in [-0.4, -0.2) is 35.3 Å². The third-order valence-corrected chi connectivity index (χ3v) is 2.99. The Morgan fingerprint density at radius 1 is 1.23 bits per heavy atom. The van der Waals surface area contributed by atoms with E-state index in [1.807, 2.05) is 0 Å². The first kappa shape index (κ1) is 9.19. The highest BCUT2D eigenvalue weighted by atomic mass is 32.1. The van der Waals surface area contributed by atoms with Gasteiger partial charge in [0.25, 0.3) is 0 Å². The quantitative estimate of drug-likeness (QED) is 0.648. The zero-order chi connectivity index (χ0) is 9.26. The average molecular weight is 202 g/mol. The zero-order valence-electron chi connectivity index (χ0n) is 7.63. The molecular weight excluding hydrogens is 187 g/mol. The lowest BCUT2D eigenvalue weighted by Crippen LogP contribution is -2.45. The minimum absolute atomic E-state index is 0.607. The predicted octanol–water partition coefficient (Wildman–Crippen LogP) is 1.46. The Balaban J connectivity index is 1.75. The first-order valence-corrected chi connectivity index (χ1v) is 5.36. The van der Waals surface area contributed by atoms with Crippen LogP contribution in [0.15, 0.2) is 0 Å². The van der Waals surface area contributed by atoms with Gasteiger partial charge in [-0.05, 0) is 37.9 Å². The number of rotatable bonds is 1. The van der Waals surface area contributed by atoms with E-state index < -0.39 is 6.17 Å². The van der Waals surface area contributed by atoms with E-state index in [1.54, 1.807) is 0 Å². The van der Waals surface area contributed by atoms with Gasteiger partial charge in [0.2, 0.25) is 0 Å². The fraction of sp³-hybridized carbons (Fsp3) is 0.889. The van der Waals surface area contributed by atoms with Crippen LogP contribution in [0.1, 0.15) is 25.7 Å². The number of nitrogens with zero attached hydrogens (tertiary/aromatic N) is 1. The summed E-state index contributed by atoms with van der Waals surface area (Å²) < 4.78 is 12.8. The summed E-state index contributed by atoms with van der Waals surface area (Å²) >= 11 is 5.22. The molecule has 0 amide bonds. The Kier molecular flexibility index (Phi) is 2.67. The van der Waals surface area contributed by atoms with Crippen molar-refractivity contribution in [1.82, 2.24) is 10.2 Å². The summed E-state index contributed by atoms with van der Waals surface area (Å²) in [4.78, 5) is 2.09. The summed E-state index contributed by atoms with van der Waals surface area (Å²) in [6.45, 7) is 1.56. The minimum Gasteiger partial charge on any atom is -0.360 e. The number of nitrogens with one attached hydrogen (secondary N) is 1. The van der Waals surface area contributed by atoms with Gasteiger partial charge in [0.15, 0.2) is 5.11 Å². The second-order valence-corrected chi connectivity index (χ2v) is 4.27. The Labute approximate surface area is 83.5 Å². The van der Waals surface area contributed by atoms with Gasteiger partial charge in [0, 0.05) is 19.1 Å². The van der Waals surface area contributed by atoms with Gasteiger partial charge in [-0.15, -0.1) is 0 Å². The maximum Gasteiger partial charge on any atom is 0.169 e. The van der Waals surface area contributed by atoms with Crippen molar-refractivity contribution in [3.63, 3.8) is 0 Å². The summed E-state index contributed by atoms with van der Waals surface area (Å²) in [5, 5.41) is 4.10. The average Bonchev–Trinajstić information content (AvgIpc) is 2.89. The fourth-order valence-corrected chi connectivity index (χ4v) is 1.89. The lowest BCUT2D eigenvalue weighted by atomic mass is 10.1. The van der Waals surface area contributed by atoms with Crippen LogP contribution in [0.25, 0.3) is 0 Å². The van der Waals surface area contributed by atoms with Crippen LogP contribution >= 0.6 is 12.2 Å². The molecule has 1 saturated heterocycles. The van der Waals surface area contributed by atoms with Crippen LogP contribution in [-0.2, 0) is 0 Å². The van der Waals surface area contributed by atoms with E-state index in [0.29, 0.717) is 18.9 Å². The van der Waals surface area contributed by atoms with E-state index in [-0.39, 0.29) is 0 Å². The van der Waals surface area contributed by atoms with Crippen molar-refractivity contribution in [3.05, 3.63) is 0 Å². The molecule has 4 heteroatoms. The summed E-state index contributed by atoms with van der Waals surface area (Å²) in [5.74, 6) is 0. The van der Waals surface area contributed by atoms with Gasteiger partial charge in [-0.3, -0.25) is 0 Å². The molecule has 0 unspecified atom stereocenters. The van der Waals surface area contributed by atoms with Crippen LogP contribution in [0.3, 0.4) is 0 Å². The van der Waals surface area contributed by atoms with E-state index in [9.17, 15) is 4.39 Å².